The molecule has 0 aliphatic heterocycles. The van der Waals surface area contributed by atoms with Crippen LogP contribution in [-0.2, 0) is 0 Å². The Balaban J connectivity index is 1.86. The number of benzene rings is 1. The van der Waals surface area contributed by atoms with E-state index in [1.807, 2.05) is 57.2 Å². The van der Waals surface area contributed by atoms with Crippen molar-refractivity contribution < 1.29 is 4.79 Å². The second kappa shape index (κ2) is 6.00. The number of aromatic nitrogens is 4. The summed E-state index contributed by atoms with van der Waals surface area (Å²) in [6.07, 6.45) is 0. The van der Waals surface area contributed by atoms with Crippen LogP contribution >= 0.6 is 0 Å². The molecule has 3 rings (SSSR count). The van der Waals surface area contributed by atoms with Gasteiger partial charge in [-0.15, -0.1) is 5.10 Å². The van der Waals surface area contributed by atoms with Crippen LogP contribution in [0.1, 0.15) is 27.4 Å². The molecule has 6 nitrogen and oxygen atoms in total. The van der Waals surface area contributed by atoms with Crippen molar-refractivity contribution in [1.29, 1.82) is 0 Å². The minimum atomic E-state index is -0.320. The first-order valence-corrected chi connectivity index (χ1v) is 7.29. The first kappa shape index (κ1) is 14.9. The lowest BCUT2D eigenvalue weighted by Gasteiger charge is -2.05. The molecule has 2 aromatic heterocycles. The summed E-state index contributed by atoms with van der Waals surface area (Å²) >= 11 is 0. The zero-order valence-electron chi connectivity index (χ0n) is 13.2. The molecule has 0 spiro atoms. The molecule has 3 aromatic rings. The second-order valence-electron chi connectivity index (χ2n) is 5.39. The normalized spacial score (nSPS) is 10.6. The van der Waals surface area contributed by atoms with Crippen LogP contribution < -0.4 is 5.32 Å². The molecule has 0 aliphatic carbocycles. The van der Waals surface area contributed by atoms with Gasteiger partial charge in [0.15, 0.2) is 5.69 Å². The van der Waals surface area contributed by atoms with Crippen molar-refractivity contribution >= 4 is 11.7 Å². The molecule has 0 radical (unpaired) electrons. The van der Waals surface area contributed by atoms with Gasteiger partial charge in [0.1, 0.15) is 5.82 Å². The number of hydrogen-bond donors (Lipinski definition) is 1. The summed E-state index contributed by atoms with van der Waals surface area (Å²) in [5, 5.41) is 10.8. The van der Waals surface area contributed by atoms with Crippen LogP contribution in [0.4, 0.5) is 5.82 Å². The van der Waals surface area contributed by atoms with Crippen LogP contribution in [0.2, 0.25) is 0 Å². The van der Waals surface area contributed by atoms with Gasteiger partial charge < -0.3 is 5.32 Å². The summed E-state index contributed by atoms with van der Waals surface area (Å²) in [4.78, 5) is 16.6. The molecule has 6 heteroatoms. The van der Waals surface area contributed by atoms with Crippen LogP contribution in [0.25, 0.3) is 5.69 Å². The van der Waals surface area contributed by atoms with Gasteiger partial charge in [-0.2, -0.15) is 0 Å². The molecular formula is C17H17N5O. The van der Waals surface area contributed by atoms with E-state index in [0.717, 1.165) is 16.9 Å². The summed E-state index contributed by atoms with van der Waals surface area (Å²) in [6.45, 7) is 5.71. The highest BCUT2D eigenvalue weighted by Gasteiger charge is 2.17. The van der Waals surface area contributed by atoms with Gasteiger partial charge in [-0.25, -0.2) is 9.67 Å². The molecule has 23 heavy (non-hydrogen) atoms. The fraction of sp³-hybridized carbons (Fsp3) is 0.176. The molecule has 0 bridgehead atoms. The quantitative estimate of drug-likeness (QED) is 0.807. The van der Waals surface area contributed by atoms with Gasteiger partial charge in [-0.1, -0.05) is 29.0 Å². The lowest BCUT2D eigenvalue weighted by atomic mass is 10.2. The maximum Gasteiger partial charge on any atom is 0.279 e. The van der Waals surface area contributed by atoms with Crippen molar-refractivity contribution in [2.75, 3.05) is 5.32 Å². The van der Waals surface area contributed by atoms with Crippen LogP contribution in [0.15, 0.2) is 42.5 Å². The molecule has 0 unspecified atom stereocenters. The Morgan fingerprint density at radius 3 is 2.48 bits per heavy atom. The van der Waals surface area contributed by atoms with Gasteiger partial charge in [0, 0.05) is 5.69 Å². The van der Waals surface area contributed by atoms with Crippen LogP contribution in [0.5, 0.6) is 0 Å². The maximum absolute atomic E-state index is 12.4. The van der Waals surface area contributed by atoms with Gasteiger partial charge in [0.05, 0.1) is 11.4 Å². The summed E-state index contributed by atoms with van der Waals surface area (Å²) in [6, 6.07) is 13.3. The fourth-order valence-electron chi connectivity index (χ4n) is 2.26. The number of hydrogen-bond acceptors (Lipinski definition) is 4. The summed E-state index contributed by atoms with van der Waals surface area (Å²) < 4.78 is 1.65. The molecule has 0 saturated heterocycles. The van der Waals surface area contributed by atoms with E-state index in [-0.39, 0.29) is 11.6 Å². The molecule has 1 amide bonds. The van der Waals surface area contributed by atoms with E-state index in [9.17, 15) is 4.79 Å². The predicted molar refractivity (Wildman–Crippen MR) is 87.8 cm³/mol. The zero-order valence-corrected chi connectivity index (χ0v) is 13.2. The third-order valence-electron chi connectivity index (χ3n) is 3.52. The highest BCUT2D eigenvalue weighted by molar-refractivity contribution is 6.03. The van der Waals surface area contributed by atoms with Crippen molar-refractivity contribution in [3.8, 4) is 5.69 Å². The van der Waals surface area contributed by atoms with Gasteiger partial charge in [-0.05, 0) is 45.0 Å². The van der Waals surface area contributed by atoms with Gasteiger partial charge in [-0.3, -0.25) is 4.79 Å². The molecule has 0 atom stereocenters. The number of amides is 1. The molecule has 1 aromatic carbocycles. The number of nitrogens with one attached hydrogen (secondary N) is 1. The highest BCUT2D eigenvalue weighted by Crippen LogP contribution is 2.14. The molecular weight excluding hydrogens is 290 g/mol. The molecule has 0 saturated carbocycles. The summed E-state index contributed by atoms with van der Waals surface area (Å²) in [7, 11) is 0. The molecule has 1 N–H and O–H groups in total. The standard InChI is InChI=1S/C17H17N5O/c1-11-7-9-14(10-8-11)22-13(3)16(20-21-22)17(23)19-15-6-4-5-12(2)18-15/h4-10H,1-3H3,(H,18,19,23). The van der Waals surface area contributed by atoms with Gasteiger partial charge in [0.25, 0.3) is 5.91 Å². The Morgan fingerprint density at radius 1 is 1.04 bits per heavy atom. The van der Waals surface area contributed by atoms with Crippen LogP contribution in [-0.4, -0.2) is 25.9 Å². The van der Waals surface area contributed by atoms with E-state index in [1.165, 1.54) is 0 Å². The van der Waals surface area contributed by atoms with Crippen molar-refractivity contribution in [2.45, 2.75) is 20.8 Å². The summed E-state index contributed by atoms with van der Waals surface area (Å²) in [5.41, 5.74) is 3.83. The Morgan fingerprint density at radius 2 is 1.78 bits per heavy atom. The fourth-order valence-corrected chi connectivity index (χ4v) is 2.26. The number of carbonyl (C=O) groups is 1. The second-order valence-corrected chi connectivity index (χ2v) is 5.39. The minimum absolute atomic E-state index is 0.286. The average Bonchev–Trinajstić information content (AvgIpc) is 2.90. The molecule has 0 fully saturated rings. The third kappa shape index (κ3) is 3.11. The minimum Gasteiger partial charge on any atom is -0.305 e. The van der Waals surface area contributed by atoms with E-state index in [0.29, 0.717) is 11.5 Å². The number of aryl methyl sites for hydroxylation is 2. The van der Waals surface area contributed by atoms with Crippen molar-refractivity contribution in [3.63, 3.8) is 0 Å². The number of carbonyl (C=O) groups excluding carboxylic acids is 1. The Hall–Kier alpha value is -3.02. The SMILES string of the molecule is Cc1ccc(-n2nnc(C(=O)Nc3cccc(C)n3)c2C)cc1. The Kier molecular flexibility index (Phi) is 3.89. The van der Waals surface area contributed by atoms with E-state index in [4.69, 9.17) is 0 Å². The van der Waals surface area contributed by atoms with Crippen molar-refractivity contribution in [2.24, 2.45) is 0 Å². The van der Waals surface area contributed by atoms with E-state index < -0.39 is 0 Å². The van der Waals surface area contributed by atoms with E-state index in [1.54, 1.807) is 10.7 Å². The average molecular weight is 307 g/mol. The summed E-state index contributed by atoms with van der Waals surface area (Å²) in [5.74, 6) is 0.179. The number of rotatable bonds is 3. The van der Waals surface area contributed by atoms with E-state index >= 15 is 0 Å². The lowest BCUT2D eigenvalue weighted by molar-refractivity contribution is 0.102. The topological polar surface area (TPSA) is 72.7 Å². The third-order valence-corrected chi connectivity index (χ3v) is 3.52. The van der Waals surface area contributed by atoms with Gasteiger partial charge >= 0.3 is 0 Å². The highest BCUT2D eigenvalue weighted by atomic mass is 16.2. The van der Waals surface area contributed by atoms with Crippen LogP contribution in [0, 0.1) is 20.8 Å². The molecule has 0 aliphatic rings. The van der Waals surface area contributed by atoms with Crippen molar-refractivity contribution in [3.05, 3.63) is 65.1 Å². The van der Waals surface area contributed by atoms with E-state index in [2.05, 4.69) is 20.6 Å². The first-order chi connectivity index (χ1) is 11.0. The number of nitrogens with zero attached hydrogens (tertiary/aromatic N) is 4. The maximum atomic E-state index is 12.4. The van der Waals surface area contributed by atoms with Crippen LogP contribution in [0.3, 0.4) is 0 Å². The predicted octanol–water partition coefficient (Wildman–Crippen LogP) is 2.84. The number of anilines is 1. The first-order valence-electron chi connectivity index (χ1n) is 7.29. The van der Waals surface area contributed by atoms with Crippen molar-refractivity contribution in [1.82, 2.24) is 20.0 Å². The monoisotopic (exact) mass is 307 g/mol. The smallest absolute Gasteiger partial charge is 0.279 e. The lowest BCUT2D eigenvalue weighted by Crippen LogP contribution is -2.15. The van der Waals surface area contributed by atoms with Gasteiger partial charge in [0.2, 0.25) is 0 Å². The Bertz CT molecular complexity index is 852. The largest absolute Gasteiger partial charge is 0.305 e. The Labute approximate surface area is 134 Å². The molecule has 2 heterocycles. The molecule has 116 valence electrons. The zero-order chi connectivity index (χ0) is 16.4. The number of pyridine rings is 1.